The second-order valence-corrected chi connectivity index (χ2v) is 4.45. The van der Waals surface area contributed by atoms with Gasteiger partial charge in [-0.05, 0) is 12.1 Å². The Morgan fingerprint density at radius 1 is 1.50 bits per heavy atom. The van der Waals surface area contributed by atoms with Gasteiger partial charge in [-0.2, -0.15) is 0 Å². The summed E-state index contributed by atoms with van der Waals surface area (Å²) in [6.45, 7) is 0. The molecular formula is C9H9ClO3S. The van der Waals surface area contributed by atoms with Crippen LogP contribution in [0.4, 0.5) is 0 Å². The first kappa shape index (κ1) is 11.2. The molecule has 1 aromatic carbocycles. The van der Waals surface area contributed by atoms with Crippen LogP contribution in [0.3, 0.4) is 0 Å². The number of rotatable bonds is 3. The van der Waals surface area contributed by atoms with Crippen molar-refractivity contribution in [1.29, 1.82) is 0 Å². The molecule has 0 bridgehead atoms. The molecule has 1 aromatic rings. The molecule has 0 aliphatic rings. The van der Waals surface area contributed by atoms with Gasteiger partial charge >= 0.3 is 5.97 Å². The minimum absolute atomic E-state index is 0.0337. The summed E-state index contributed by atoms with van der Waals surface area (Å²) < 4.78 is 16.0. The lowest BCUT2D eigenvalue weighted by Crippen LogP contribution is -2.07. The maximum atomic E-state index is 11.4. The Hall–Kier alpha value is -0.870. The zero-order chi connectivity index (χ0) is 10.6. The van der Waals surface area contributed by atoms with E-state index in [1.54, 1.807) is 24.3 Å². The average molecular weight is 233 g/mol. The number of carbonyl (C=O) groups excluding carboxylic acids is 1. The first-order valence-electron chi connectivity index (χ1n) is 3.82. The second-order valence-electron chi connectivity index (χ2n) is 2.44. The molecule has 0 saturated heterocycles. The smallest absolute Gasteiger partial charge is 0.339 e. The molecule has 5 heteroatoms. The maximum absolute atomic E-state index is 11.4. The lowest BCUT2D eigenvalue weighted by atomic mass is 10.2. The van der Waals surface area contributed by atoms with Gasteiger partial charge in [0.25, 0.3) is 0 Å². The highest BCUT2D eigenvalue weighted by molar-refractivity contribution is 7.86. The first-order valence-corrected chi connectivity index (χ1v) is 5.67. The molecule has 1 atom stereocenters. The number of benzene rings is 1. The van der Waals surface area contributed by atoms with E-state index in [0.717, 1.165) is 0 Å². The predicted molar refractivity (Wildman–Crippen MR) is 54.9 cm³/mol. The largest absolute Gasteiger partial charge is 0.465 e. The van der Waals surface area contributed by atoms with Gasteiger partial charge in [0, 0.05) is 0 Å². The van der Waals surface area contributed by atoms with Crippen molar-refractivity contribution in [3.8, 4) is 0 Å². The number of hydrogen-bond donors (Lipinski definition) is 0. The fourth-order valence-corrected chi connectivity index (χ4v) is 2.10. The molecule has 14 heavy (non-hydrogen) atoms. The summed E-state index contributed by atoms with van der Waals surface area (Å²) in [5.74, 6) is -0.501. The van der Waals surface area contributed by atoms with Gasteiger partial charge in [0.15, 0.2) is 0 Å². The summed E-state index contributed by atoms with van der Waals surface area (Å²) in [5.41, 5.74) is 0.300. The summed E-state index contributed by atoms with van der Waals surface area (Å²) in [6, 6.07) is 6.55. The van der Waals surface area contributed by atoms with Gasteiger partial charge in [-0.15, -0.1) is 11.6 Å². The molecule has 0 fully saturated rings. The Kier molecular flexibility index (Phi) is 4.10. The predicted octanol–water partition coefficient (Wildman–Crippen LogP) is 1.78. The molecule has 0 aromatic heterocycles. The van der Waals surface area contributed by atoms with Crippen LogP contribution >= 0.6 is 11.6 Å². The molecule has 0 N–H and O–H groups in total. The maximum Gasteiger partial charge on any atom is 0.339 e. The van der Waals surface area contributed by atoms with Crippen LogP contribution < -0.4 is 0 Å². The lowest BCUT2D eigenvalue weighted by Gasteiger charge is -2.04. The van der Waals surface area contributed by atoms with Crippen LogP contribution in [0.25, 0.3) is 0 Å². The van der Waals surface area contributed by atoms with E-state index in [-0.39, 0.29) is 5.21 Å². The molecule has 0 radical (unpaired) electrons. The van der Waals surface area contributed by atoms with Gasteiger partial charge in [0.05, 0.1) is 28.4 Å². The minimum Gasteiger partial charge on any atom is -0.465 e. The number of halogens is 1. The standard InChI is InChI=1S/C9H9ClO3S/c1-13-9(11)7-4-2-3-5-8(7)14(12)6-10/h2-5H,6H2,1H3/t14-/m0/s1. The Morgan fingerprint density at radius 3 is 2.71 bits per heavy atom. The topological polar surface area (TPSA) is 43.4 Å². The summed E-state index contributed by atoms with van der Waals surface area (Å²) in [6.07, 6.45) is 0. The van der Waals surface area contributed by atoms with Crippen molar-refractivity contribution in [2.75, 3.05) is 12.3 Å². The second kappa shape index (κ2) is 5.12. The van der Waals surface area contributed by atoms with Crippen molar-refractivity contribution in [3.63, 3.8) is 0 Å². The molecule has 0 heterocycles. The van der Waals surface area contributed by atoms with Crippen molar-refractivity contribution in [2.24, 2.45) is 0 Å². The number of carbonyl (C=O) groups is 1. The van der Waals surface area contributed by atoms with Crippen LogP contribution in [-0.4, -0.2) is 22.5 Å². The van der Waals surface area contributed by atoms with Crippen molar-refractivity contribution in [2.45, 2.75) is 4.90 Å². The SMILES string of the molecule is COC(=O)c1ccccc1[S@@](=O)CCl. The number of ether oxygens (including phenoxy) is 1. The average Bonchev–Trinajstić information content (AvgIpc) is 2.27. The molecule has 0 aliphatic heterocycles. The van der Waals surface area contributed by atoms with Crippen LogP contribution in [-0.2, 0) is 15.5 Å². The molecule has 0 unspecified atom stereocenters. The summed E-state index contributed by atoms with van der Waals surface area (Å²) >= 11 is 5.45. The third-order valence-electron chi connectivity index (χ3n) is 1.64. The summed E-state index contributed by atoms with van der Waals surface area (Å²) in [7, 11) is -0.0790. The van der Waals surface area contributed by atoms with Crippen LogP contribution in [0.5, 0.6) is 0 Å². The Morgan fingerprint density at radius 2 is 2.14 bits per heavy atom. The number of methoxy groups -OCH3 is 1. The fraction of sp³-hybridized carbons (Fsp3) is 0.222. The quantitative estimate of drug-likeness (QED) is 0.589. The van der Waals surface area contributed by atoms with Crippen molar-refractivity contribution < 1.29 is 13.7 Å². The van der Waals surface area contributed by atoms with Crippen molar-refractivity contribution in [3.05, 3.63) is 29.8 Å². The fourth-order valence-electron chi connectivity index (χ4n) is 1.00. The molecule has 3 nitrogen and oxygen atoms in total. The molecular weight excluding hydrogens is 224 g/mol. The van der Waals surface area contributed by atoms with Gasteiger partial charge in [-0.1, -0.05) is 12.1 Å². The number of alkyl halides is 1. The van der Waals surface area contributed by atoms with Gasteiger partial charge in [-0.3, -0.25) is 4.21 Å². The monoisotopic (exact) mass is 232 g/mol. The van der Waals surface area contributed by atoms with Crippen LogP contribution in [0.2, 0.25) is 0 Å². The van der Waals surface area contributed by atoms with Crippen molar-refractivity contribution >= 4 is 28.4 Å². The van der Waals surface area contributed by atoms with E-state index in [2.05, 4.69) is 4.74 Å². The molecule has 1 rings (SSSR count). The Labute approximate surface area is 89.5 Å². The van der Waals surface area contributed by atoms with E-state index in [1.165, 1.54) is 7.11 Å². The van der Waals surface area contributed by atoms with E-state index in [4.69, 9.17) is 11.6 Å². The van der Waals surface area contributed by atoms with E-state index in [9.17, 15) is 9.00 Å². The highest BCUT2D eigenvalue weighted by Crippen LogP contribution is 2.15. The summed E-state index contributed by atoms with van der Waals surface area (Å²) in [5, 5.41) is -0.0337. The number of hydrogen-bond acceptors (Lipinski definition) is 3. The van der Waals surface area contributed by atoms with E-state index >= 15 is 0 Å². The molecule has 76 valence electrons. The van der Waals surface area contributed by atoms with Crippen LogP contribution in [0.1, 0.15) is 10.4 Å². The Balaban J connectivity index is 3.15. The molecule has 0 saturated carbocycles. The van der Waals surface area contributed by atoms with Gasteiger partial charge in [0.1, 0.15) is 5.21 Å². The first-order chi connectivity index (χ1) is 6.70. The summed E-state index contributed by atoms with van der Waals surface area (Å²) in [4.78, 5) is 11.7. The molecule has 0 spiro atoms. The van der Waals surface area contributed by atoms with Gasteiger partial charge < -0.3 is 4.74 Å². The lowest BCUT2D eigenvalue weighted by molar-refractivity contribution is 0.0596. The third-order valence-corrected chi connectivity index (χ3v) is 3.28. The van der Waals surface area contributed by atoms with Crippen LogP contribution in [0, 0.1) is 0 Å². The normalized spacial score (nSPS) is 12.1. The highest BCUT2D eigenvalue weighted by atomic mass is 35.5. The molecule has 0 amide bonds. The van der Waals surface area contributed by atoms with Gasteiger partial charge in [-0.25, -0.2) is 4.79 Å². The van der Waals surface area contributed by atoms with Crippen molar-refractivity contribution in [1.82, 2.24) is 0 Å². The highest BCUT2D eigenvalue weighted by Gasteiger charge is 2.14. The Bertz CT molecular complexity index is 330. The van der Waals surface area contributed by atoms with Gasteiger partial charge in [0.2, 0.25) is 0 Å². The zero-order valence-corrected chi connectivity index (χ0v) is 9.10. The third kappa shape index (κ3) is 2.33. The van der Waals surface area contributed by atoms with E-state index in [1.807, 2.05) is 0 Å². The zero-order valence-electron chi connectivity index (χ0n) is 7.53. The molecule has 0 aliphatic carbocycles. The number of esters is 1. The van der Waals surface area contributed by atoms with E-state index in [0.29, 0.717) is 10.5 Å². The van der Waals surface area contributed by atoms with E-state index < -0.39 is 16.8 Å². The van der Waals surface area contributed by atoms with Crippen LogP contribution in [0.15, 0.2) is 29.2 Å². The minimum atomic E-state index is -1.36.